The van der Waals surface area contributed by atoms with Crippen LogP contribution in [0.4, 0.5) is 4.39 Å². The Hall–Kier alpha value is -2.28. The molecule has 0 spiro atoms. The lowest BCUT2D eigenvalue weighted by molar-refractivity contribution is -0.139. The number of carboxylic acids is 1. The number of thiazole rings is 1. The molecule has 0 aliphatic rings. The Kier molecular flexibility index (Phi) is 5.10. The molecule has 5 nitrogen and oxygen atoms in total. The summed E-state index contributed by atoms with van der Waals surface area (Å²) in [7, 11) is 0. The van der Waals surface area contributed by atoms with Crippen LogP contribution in [-0.2, 0) is 4.79 Å². The molecule has 2 aromatic rings. The van der Waals surface area contributed by atoms with Crippen molar-refractivity contribution in [2.75, 3.05) is 0 Å². The summed E-state index contributed by atoms with van der Waals surface area (Å²) in [6, 6.07) is 2.72. The molecule has 1 unspecified atom stereocenters. The Morgan fingerprint density at radius 1 is 1.35 bits per heavy atom. The number of amides is 1. The van der Waals surface area contributed by atoms with Crippen LogP contribution < -0.4 is 5.32 Å². The fourth-order valence-electron chi connectivity index (χ4n) is 2.00. The quantitative estimate of drug-likeness (QED) is 0.878. The molecule has 1 amide bonds. The number of halogens is 1. The van der Waals surface area contributed by atoms with Crippen molar-refractivity contribution in [2.45, 2.75) is 32.7 Å². The zero-order valence-electron chi connectivity index (χ0n) is 13.0. The van der Waals surface area contributed by atoms with E-state index in [-0.39, 0.29) is 5.92 Å². The van der Waals surface area contributed by atoms with Crippen molar-refractivity contribution in [1.82, 2.24) is 10.3 Å². The lowest BCUT2D eigenvalue weighted by atomic mass is 10.0. The highest BCUT2D eigenvalue weighted by Gasteiger charge is 2.24. The van der Waals surface area contributed by atoms with Gasteiger partial charge in [0.25, 0.3) is 5.91 Å². The molecule has 2 N–H and O–H groups in total. The second-order valence-corrected chi connectivity index (χ2v) is 6.53. The smallest absolute Gasteiger partial charge is 0.330 e. The van der Waals surface area contributed by atoms with Gasteiger partial charge in [0, 0.05) is 5.92 Å². The summed E-state index contributed by atoms with van der Waals surface area (Å²) < 4.78 is 13.3. The third-order valence-corrected chi connectivity index (χ3v) is 4.58. The first kappa shape index (κ1) is 17.1. The molecule has 1 atom stereocenters. The molecule has 0 aliphatic carbocycles. The predicted molar refractivity (Wildman–Crippen MR) is 85.2 cm³/mol. The van der Waals surface area contributed by atoms with Crippen molar-refractivity contribution in [2.24, 2.45) is 0 Å². The summed E-state index contributed by atoms with van der Waals surface area (Å²) in [5, 5.41) is 12.6. The number of carboxylic acid groups (broad SMARTS) is 1. The number of rotatable bonds is 5. The van der Waals surface area contributed by atoms with Crippen molar-refractivity contribution >= 4 is 23.2 Å². The number of benzene rings is 1. The van der Waals surface area contributed by atoms with Crippen LogP contribution >= 0.6 is 11.3 Å². The minimum atomic E-state index is -1.24. The number of carbonyl (C=O) groups is 2. The minimum absolute atomic E-state index is 0.191. The number of hydrogen-bond donors (Lipinski definition) is 2. The van der Waals surface area contributed by atoms with Gasteiger partial charge in [0.1, 0.15) is 10.7 Å². The SMILES string of the molecule is Cc1cc(C(NC(=O)c2cnc(C(C)C)s2)C(=O)O)ccc1F. The van der Waals surface area contributed by atoms with E-state index < -0.39 is 23.7 Å². The average molecular weight is 336 g/mol. The molecule has 2 rings (SSSR count). The maximum atomic E-state index is 13.3. The van der Waals surface area contributed by atoms with Crippen molar-refractivity contribution in [1.29, 1.82) is 0 Å². The van der Waals surface area contributed by atoms with Crippen molar-refractivity contribution < 1.29 is 19.1 Å². The second-order valence-electron chi connectivity index (χ2n) is 5.47. The van der Waals surface area contributed by atoms with Crippen LogP contribution in [0, 0.1) is 12.7 Å². The zero-order valence-corrected chi connectivity index (χ0v) is 13.8. The lowest BCUT2D eigenvalue weighted by Crippen LogP contribution is -2.33. The Balaban J connectivity index is 2.23. The fraction of sp³-hybridized carbons (Fsp3) is 0.312. The van der Waals surface area contributed by atoms with Gasteiger partial charge in [-0.05, 0) is 24.1 Å². The number of hydrogen-bond acceptors (Lipinski definition) is 4. The summed E-state index contributed by atoms with van der Waals surface area (Å²) in [4.78, 5) is 28.2. The zero-order chi connectivity index (χ0) is 17.1. The van der Waals surface area contributed by atoms with E-state index in [1.807, 2.05) is 13.8 Å². The molecular weight excluding hydrogens is 319 g/mol. The van der Waals surface area contributed by atoms with Crippen molar-refractivity contribution in [3.63, 3.8) is 0 Å². The molecular formula is C16H17FN2O3S. The van der Waals surface area contributed by atoms with Gasteiger partial charge in [-0.1, -0.05) is 26.0 Å². The first-order chi connectivity index (χ1) is 10.8. The highest BCUT2D eigenvalue weighted by molar-refractivity contribution is 7.13. The maximum absolute atomic E-state index is 13.3. The molecule has 0 saturated heterocycles. The molecule has 23 heavy (non-hydrogen) atoms. The minimum Gasteiger partial charge on any atom is -0.479 e. The van der Waals surface area contributed by atoms with Crippen LogP contribution in [-0.4, -0.2) is 22.0 Å². The topological polar surface area (TPSA) is 79.3 Å². The van der Waals surface area contributed by atoms with E-state index in [1.54, 1.807) is 0 Å². The molecule has 1 aromatic carbocycles. The van der Waals surface area contributed by atoms with Gasteiger partial charge in [0.2, 0.25) is 0 Å². The Labute approximate surface area is 137 Å². The molecule has 1 aromatic heterocycles. The molecule has 0 saturated carbocycles. The van der Waals surface area contributed by atoms with Gasteiger partial charge in [0.15, 0.2) is 6.04 Å². The van der Waals surface area contributed by atoms with Crippen LogP contribution in [0.2, 0.25) is 0 Å². The van der Waals surface area contributed by atoms with Crippen molar-refractivity contribution in [3.05, 3.63) is 51.2 Å². The molecule has 0 radical (unpaired) electrons. The summed E-state index contributed by atoms with van der Waals surface area (Å²) in [5.41, 5.74) is 0.640. The van der Waals surface area contributed by atoms with Gasteiger partial charge in [-0.25, -0.2) is 14.2 Å². The standard InChI is InChI=1S/C16H17FN2O3S/c1-8(2)15-18-7-12(23-15)14(20)19-13(16(21)22)10-4-5-11(17)9(3)6-10/h4-8,13H,1-3H3,(H,19,20)(H,21,22). The van der Waals surface area contributed by atoms with Gasteiger partial charge >= 0.3 is 5.97 Å². The summed E-state index contributed by atoms with van der Waals surface area (Å²) in [5.74, 6) is -1.95. The molecule has 0 bridgehead atoms. The van der Waals surface area contributed by atoms with Crippen LogP contribution in [0.5, 0.6) is 0 Å². The van der Waals surface area contributed by atoms with Crippen LogP contribution in [0.15, 0.2) is 24.4 Å². The monoisotopic (exact) mass is 336 g/mol. The molecule has 0 aliphatic heterocycles. The largest absolute Gasteiger partial charge is 0.479 e. The average Bonchev–Trinajstić information content (AvgIpc) is 2.97. The van der Waals surface area contributed by atoms with Crippen LogP contribution in [0.25, 0.3) is 0 Å². The Morgan fingerprint density at radius 3 is 2.57 bits per heavy atom. The Morgan fingerprint density at radius 2 is 2.04 bits per heavy atom. The summed E-state index contributed by atoms with van der Waals surface area (Å²) in [6.07, 6.45) is 1.43. The van der Waals surface area contributed by atoms with E-state index in [9.17, 15) is 19.1 Å². The third-order valence-electron chi connectivity index (χ3n) is 3.28. The lowest BCUT2D eigenvalue weighted by Gasteiger charge is -2.15. The highest BCUT2D eigenvalue weighted by Crippen LogP contribution is 2.22. The van der Waals surface area contributed by atoms with Gasteiger partial charge in [-0.2, -0.15) is 0 Å². The number of nitrogens with zero attached hydrogens (tertiary/aromatic N) is 1. The molecule has 0 fully saturated rings. The molecule has 1 heterocycles. The molecule has 7 heteroatoms. The van der Waals surface area contributed by atoms with E-state index in [2.05, 4.69) is 10.3 Å². The number of aryl methyl sites for hydroxylation is 1. The van der Waals surface area contributed by atoms with Gasteiger partial charge in [0.05, 0.1) is 11.2 Å². The maximum Gasteiger partial charge on any atom is 0.330 e. The van der Waals surface area contributed by atoms with E-state index in [0.717, 1.165) is 5.01 Å². The molecule has 122 valence electrons. The number of aliphatic carboxylic acids is 1. The van der Waals surface area contributed by atoms with Gasteiger partial charge < -0.3 is 10.4 Å². The highest BCUT2D eigenvalue weighted by atomic mass is 32.1. The Bertz CT molecular complexity index is 743. The van der Waals surface area contributed by atoms with Gasteiger partial charge in [-0.15, -0.1) is 11.3 Å². The number of carbonyl (C=O) groups excluding carboxylic acids is 1. The second kappa shape index (κ2) is 6.87. The van der Waals surface area contributed by atoms with Crippen LogP contribution in [0.1, 0.15) is 51.6 Å². The number of nitrogens with one attached hydrogen (secondary N) is 1. The first-order valence-corrected chi connectivity index (χ1v) is 7.86. The van der Waals surface area contributed by atoms with Crippen molar-refractivity contribution in [3.8, 4) is 0 Å². The van der Waals surface area contributed by atoms with Gasteiger partial charge in [-0.3, -0.25) is 4.79 Å². The van der Waals surface area contributed by atoms with Crippen LogP contribution in [0.3, 0.4) is 0 Å². The van der Waals surface area contributed by atoms with E-state index in [1.165, 1.54) is 42.7 Å². The third kappa shape index (κ3) is 3.92. The van der Waals surface area contributed by atoms with E-state index >= 15 is 0 Å². The first-order valence-electron chi connectivity index (χ1n) is 7.05. The number of aromatic nitrogens is 1. The fourth-order valence-corrected chi connectivity index (χ4v) is 2.82. The summed E-state index contributed by atoms with van der Waals surface area (Å²) in [6.45, 7) is 5.46. The van der Waals surface area contributed by atoms with E-state index in [4.69, 9.17) is 0 Å². The predicted octanol–water partition coefficient (Wildman–Crippen LogP) is 3.27. The van der Waals surface area contributed by atoms with E-state index in [0.29, 0.717) is 16.0 Å². The summed E-state index contributed by atoms with van der Waals surface area (Å²) >= 11 is 1.23. The normalized spacial score (nSPS) is 12.2.